The molecule has 1 heterocycles. The van der Waals surface area contributed by atoms with Crippen LogP contribution in [0.25, 0.3) is 0 Å². The van der Waals surface area contributed by atoms with Crippen molar-refractivity contribution in [3.05, 3.63) is 29.8 Å². The number of halogens is 3. The summed E-state index contributed by atoms with van der Waals surface area (Å²) in [5.41, 5.74) is 4.39. The molecule has 0 spiro atoms. The van der Waals surface area contributed by atoms with Gasteiger partial charge in [-0.25, -0.2) is 0 Å². The Morgan fingerprint density at radius 2 is 1.75 bits per heavy atom. The number of hydrogen-bond acceptors (Lipinski definition) is 3. The number of piperidine rings is 1. The van der Waals surface area contributed by atoms with Crippen LogP contribution in [0, 0.1) is 5.92 Å². The summed E-state index contributed by atoms with van der Waals surface area (Å²) >= 11 is 0. The highest BCUT2D eigenvalue weighted by molar-refractivity contribution is 5.78. The topological polar surface area (TPSA) is 72.6 Å². The minimum atomic E-state index is -4.40. The lowest BCUT2D eigenvalue weighted by Crippen LogP contribution is -2.41. The number of nitrogens with zero attached hydrogens (tertiary/aromatic N) is 1. The van der Waals surface area contributed by atoms with Gasteiger partial charge in [0, 0.05) is 19.5 Å². The fourth-order valence-corrected chi connectivity index (χ4v) is 2.65. The summed E-state index contributed by atoms with van der Waals surface area (Å²) in [4.78, 5) is 24.6. The van der Waals surface area contributed by atoms with Gasteiger partial charge in [-0.3, -0.25) is 9.59 Å². The van der Waals surface area contributed by atoms with Crippen LogP contribution in [-0.2, 0) is 15.8 Å². The maximum atomic E-state index is 12.5. The first kappa shape index (κ1) is 18.1. The Morgan fingerprint density at radius 1 is 1.17 bits per heavy atom. The Labute approximate surface area is 137 Å². The van der Waals surface area contributed by atoms with E-state index in [-0.39, 0.29) is 30.1 Å². The average molecular weight is 344 g/mol. The summed E-state index contributed by atoms with van der Waals surface area (Å²) < 4.78 is 42.6. The van der Waals surface area contributed by atoms with Crippen LogP contribution in [0.4, 0.5) is 13.2 Å². The van der Waals surface area contributed by atoms with E-state index >= 15 is 0 Å². The number of alkyl halides is 3. The Kier molecular flexibility index (Phi) is 5.69. The number of benzene rings is 1. The highest BCUT2D eigenvalue weighted by Gasteiger charge is 2.30. The van der Waals surface area contributed by atoms with Crippen LogP contribution in [0.15, 0.2) is 24.3 Å². The molecule has 1 saturated heterocycles. The molecule has 0 radical (unpaired) electrons. The molecule has 5 nitrogen and oxygen atoms in total. The van der Waals surface area contributed by atoms with E-state index in [1.165, 1.54) is 12.1 Å². The maximum absolute atomic E-state index is 12.5. The van der Waals surface area contributed by atoms with Crippen molar-refractivity contribution >= 4 is 11.8 Å². The normalized spacial score (nSPS) is 16.0. The monoisotopic (exact) mass is 344 g/mol. The van der Waals surface area contributed by atoms with E-state index in [2.05, 4.69) is 0 Å². The van der Waals surface area contributed by atoms with Crippen molar-refractivity contribution in [3.63, 3.8) is 0 Å². The number of carbonyl (C=O) groups excluding carboxylic acids is 2. The van der Waals surface area contributed by atoms with Gasteiger partial charge in [0.2, 0.25) is 5.91 Å². The predicted molar refractivity (Wildman–Crippen MR) is 80.1 cm³/mol. The molecule has 2 amide bonds. The second-order valence-electron chi connectivity index (χ2n) is 5.81. The van der Waals surface area contributed by atoms with E-state index in [9.17, 15) is 22.8 Å². The van der Waals surface area contributed by atoms with E-state index in [0.717, 1.165) is 12.1 Å². The number of primary amides is 1. The Morgan fingerprint density at radius 3 is 2.25 bits per heavy atom. The van der Waals surface area contributed by atoms with Gasteiger partial charge >= 0.3 is 6.18 Å². The highest BCUT2D eigenvalue weighted by Crippen LogP contribution is 2.30. The molecule has 1 aliphatic heterocycles. The van der Waals surface area contributed by atoms with Gasteiger partial charge in [0.25, 0.3) is 5.91 Å². The molecule has 0 bridgehead atoms. The van der Waals surface area contributed by atoms with Crippen LogP contribution in [-0.4, -0.2) is 36.4 Å². The zero-order chi connectivity index (χ0) is 17.7. The summed E-state index contributed by atoms with van der Waals surface area (Å²) in [7, 11) is 0. The van der Waals surface area contributed by atoms with Crippen molar-refractivity contribution in [2.45, 2.75) is 25.4 Å². The second-order valence-corrected chi connectivity index (χ2v) is 5.81. The van der Waals surface area contributed by atoms with Crippen LogP contribution in [0.1, 0.15) is 24.8 Å². The number of hydrogen-bond donors (Lipinski definition) is 1. The smallest absolute Gasteiger partial charge is 0.416 e. The van der Waals surface area contributed by atoms with Crippen LogP contribution >= 0.6 is 0 Å². The second kappa shape index (κ2) is 7.55. The first-order valence-corrected chi connectivity index (χ1v) is 7.62. The van der Waals surface area contributed by atoms with Gasteiger partial charge in [0.1, 0.15) is 5.75 Å². The van der Waals surface area contributed by atoms with E-state index in [1.807, 2.05) is 0 Å². The molecular weight excluding hydrogens is 325 g/mol. The van der Waals surface area contributed by atoms with E-state index in [4.69, 9.17) is 10.5 Å². The molecule has 2 rings (SSSR count). The van der Waals surface area contributed by atoms with Crippen LogP contribution in [0.5, 0.6) is 5.75 Å². The van der Waals surface area contributed by atoms with Crippen molar-refractivity contribution in [1.82, 2.24) is 4.90 Å². The maximum Gasteiger partial charge on any atom is 0.416 e. The molecule has 1 aromatic carbocycles. The van der Waals surface area contributed by atoms with Gasteiger partial charge < -0.3 is 15.4 Å². The van der Waals surface area contributed by atoms with Crippen LogP contribution in [0.2, 0.25) is 0 Å². The van der Waals surface area contributed by atoms with E-state index in [1.54, 1.807) is 4.90 Å². The third-order valence-corrected chi connectivity index (χ3v) is 4.00. The Bertz CT molecular complexity index is 579. The standard InChI is InChI=1S/C16H19F3N2O3/c17-16(18,19)12-1-3-13(4-2-12)24-10-15(23)21-7-5-11(6-8-21)9-14(20)22/h1-4,11H,5-10H2,(H2,20,22). The summed E-state index contributed by atoms with van der Waals surface area (Å²) in [5.74, 6) is -0.166. The SMILES string of the molecule is NC(=O)CC1CCN(C(=O)COc2ccc(C(F)(F)F)cc2)CC1. The molecule has 0 aliphatic carbocycles. The van der Waals surface area contributed by atoms with Gasteiger partial charge in [-0.05, 0) is 43.0 Å². The van der Waals surface area contributed by atoms with Gasteiger partial charge in [-0.15, -0.1) is 0 Å². The summed E-state index contributed by atoms with van der Waals surface area (Å²) in [5, 5.41) is 0. The number of ether oxygens (including phenoxy) is 1. The van der Waals surface area contributed by atoms with Gasteiger partial charge in [-0.2, -0.15) is 13.2 Å². The molecule has 1 fully saturated rings. The number of nitrogens with two attached hydrogens (primary N) is 1. The zero-order valence-corrected chi connectivity index (χ0v) is 13.0. The van der Waals surface area contributed by atoms with E-state index in [0.29, 0.717) is 32.4 Å². The van der Waals surface area contributed by atoms with Crippen molar-refractivity contribution in [2.75, 3.05) is 19.7 Å². The fourth-order valence-electron chi connectivity index (χ4n) is 2.65. The number of carbonyl (C=O) groups is 2. The third-order valence-electron chi connectivity index (χ3n) is 4.00. The molecule has 0 unspecified atom stereocenters. The fraction of sp³-hybridized carbons (Fsp3) is 0.500. The third kappa shape index (κ3) is 5.14. The quantitative estimate of drug-likeness (QED) is 0.890. The Balaban J connectivity index is 1.78. The predicted octanol–water partition coefficient (Wildman–Crippen LogP) is 2.20. The average Bonchev–Trinajstić information content (AvgIpc) is 2.52. The lowest BCUT2D eigenvalue weighted by atomic mass is 9.93. The van der Waals surface area contributed by atoms with Crippen molar-refractivity contribution < 1.29 is 27.5 Å². The summed E-state index contributed by atoms with van der Waals surface area (Å²) in [6, 6.07) is 4.20. The first-order chi connectivity index (χ1) is 11.3. The molecule has 132 valence electrons. The molecule has 0 atom stereocenters. The van der Waals surface area contributed by atoms with Crippen LogP contribution in [0.3, 0.4) is 0 Å². The largest absolute Gasteiger partial charge is 0.484 e. The van der Waals surface area contributed by atoms with Crippen molar-refractivity contribution in [1.29, 1.82) is 0 Å². The van der Waals surface area contributed by atoms with Crippen molar-refractivity contribution in [2.24, 2.45) is 11.7 Å². The minimum Gasteiger partial charge on any atom is -0.484 e. The molecular formula is C16H19F3N2O3. The minimum absolute atomic E-state index is 0.197. The Hall–Kier alpha value is -2.25. The number of rotatable bonds is 5. The molecule has 0 aromatic heterocycles. The van der Waals surface area contributed by atoms with Gasteiger partial charge in [0.15, 0.2) is 6.61 Å². The molecule has 2 N–H and O–H groups in total. The molecule has 0 saturated carbocycles. The molecule has 8 heteroatoms. The lowest BCUT2D eigenvalue weighted by Gasteiger charge is -2.31. The molecule has 1 aromatic rings. The molecule has 24 heavy (non-hydrogen) atoms. The highest BCUT2D eigenvalue weighted by atomic mass is 19.4. The van der Waals surface area contributed by atoms with Gasteiger partial charge in [-0.1, -0.05) is 0 Å². The summed E-state index contributed by atoms with van der Waals surface area (Å²) in [6.45, 7) is 0.812. The van der Waals surface area contributed by atoms with E-state index < -0.39 is 11.7 Å². The number of likely N-dealkylation sites (tertiary alicyclic amines) is 1. The zero-order valence-electron chi connectivity index (χ0n) is 13.0. The first-order valence-electron chi connectivity index (χ1n) is 7.62. The summed E-state index contributed by atoms with van der Waals surface area (Å²) in [6.07, 6.45) is -2.67. The van der Waals surface area contributed by atoms with Crippen molar-refractivity contribution in [3.8, 4) is 5.75 Å². The lowest BCUT2D eigenvalue weighted by molar-refractivity contribution is -0.138. The van der Waals surface area contributed by atoms with Crippen LogP contribution < -0.4 is 10.5 Å². The van der Waals surface area contributed by atoms with Gasteiger partial charge in [0.05, 0.1) is 5.56 Å². The number of amides is 2. The molecule has 1 aliphatic rings.